The van der Waals surface area contributed by atoms with Crippen molar-refractivity contribution in [1.29, 1.82) is 0 Å². The van der Waals surface area contributed by atoms with Gasteiger partial charge in [0, 0.05) is 18.3 Å². The maximum Gasteiger partial charge on any atom is 0.160 e. The van der Waals surface area contributed by atoms with Crippen molar-refractivity contribution in [2.75, 3.05) is 13.2 Å². The minimum atomic E-state index is -0.317. The van der Waals surface area contributed by atoms with E-state index in [4.69, 9.17) is 9.47 Å². The summed E-state index contributed by atoms with van der Waals surface area (Å²) in [5, 5.41) is 11.7. The molecule has 4 nitrogen and oxygen atoms in total. The Morgan fingerprint density at radius 2 is 1.87 bits per heavy atom. The van der Waals surface area contributed by atoms with Gasteiger partial charge in [0.2, 0.25) is 0 Å². The summed E-state index contributed by atoms with van der Waals surface area (Å²) in [6, 6.07) is 0. The summed E-state index contributed by atoms with van der Waals surface area (Å²) in [4.78, 5) is 12.3. The van der Waals surface area contributed by atoms with E-state index in [9.17, 15) is 9.90 Å². The van der Waals surface area contributed by atoms with Gasteiger partial charge in [0.25, 0.3) is 0 Å². The second-order valence-corrected chi connectivity index (χ2v) is 11.5. The Morgan fingerprint density at radius 3 is 2.57 bits per heavy atom. The van der Waals surface area contributed by atoms with Gasteiger partial charge in [-0.25, -0.2) is 0 Å². The Morgan fingerprint density at radius 1 is 1.13 bits per heavy atom. The van der Waals surface area contributed by atoms with Crippen LogP contribution >= 0.6 is 0 Å². The number of hydrogen-bond donors (Lipinski definition) is 1. The van der Waals surface area contributed by atoms with Crippen molar-refractivity contribution >= 4 is 5.78 Å². The molecule has 30 heavy (non-hydrogen) atoms. The summed E-state index contributed by atoms with van der Waals surface area (Å²) in [5.74, 6) is 2.81. The zero-order valence-corrected chi connectivity index (χ0v) is 19.2. The molecule has 4 aliphatic carbocycles. The maximum absolute atomic E-state index is 12.3. The van der Waals surface area contributed by atoms with Gasteiger partial charge in [0.1, 0.15) is 0 Å². The summed E-state index contributed by atoms with van der Waals surface area (Å²) < 4.78 is 11.8. The fourth-order valence-electron chi connectivity index (χ4n) is 8.97. The van der Waals surface area contributed by atoms with Crippen LogP contribution in [0.15, 0.2) is 11.6 Å². The highest BCUT2D eigenvalue weighted by Crippen LogP contribution is 2.68. The highest BCUT2D eigenvalue weighted by Gasteiger charge is 2.63. The SMILES string of the molecule is CC[C@H]1C2=CC(=O)CC[C@]2(C)C2CC[C@@]3(C)C(CCC3[C@H](C)C3OCCO3)C2[C@@H]1O. The van der Waals surface area contributed by atoms with Crippen LogP contribution in [0.3, 0.4) is 0 Å². The summed E-state index contributed by atoms with van der Waals surface area (Å²) in [5.41, 5.74) is 1.60. The smallest absolute Gasteiger partial charge is 0.160 e. The van der Waals surface area contributed by atoms with E-state index in [1.54, 1.807) is 0 Å². The highest BCUT2D eigenvalue weighted by atomic mass is 16.7. The molecule has 5 rings (SSSR count). The molecule has 1 aliphatic heterocycles. The molecule has 0 spiro atoms. The number of aliphatic hydroxyl groups excluding tert-OH is 1. The monoisotopic (exact) mass is 416 g/mol. The molecule has 0 amide bonds. The zero-order valence-electron chi connectivity index (χ0n) is 19.2. The van der Waals surface area contributed by atoms with Crippen LogP contribution in [0.5, 0.6) is 0 Å². The van der Waals surface area contributed by atoms with Crippen molar-refractivity contribution in [2.24, 2.45) is 46.3 Å². The molecule has 0 aromatic carbocycles. The molecule has 5 aliphatic rings. The van der Waals surface area contributed by atoms with Crippen molar-refractivity contribution in [2.45, 2.75) is 85.0 Å². The topological polar surface area (TPSA) is 55.8 Å². The molecule has 0 radical (unpaired) electrons. The van der Waals surface area contributed by atoms with Gasteiger partial charge in [-0.15, -0.1) is 0 Å². The van der Waals surface area contributed by atoms with E-state index in [1.807, 2.05) is 6.08 Å². The normalized spacial score (nSPS) is 49.9. The Hall–Kier alpha value is -0.710. The molecule has 4 fully saturated rings. The second-order valence-electron chi connectivity index (χ2n) is 11.5. The second kappa shape index (κ2) is 7.42. The predicted octanol–water partition coefficient (Wildman–Crippen LogP) is 4.75. The molecule has 1 saturated heterocycles. The number of ketones is 1. The average Bonchev–Trinajstić information content (AvgIpc) is 3.37. The van der Waals surface area contributed by atoms with Gasteiger partial charge in [-0.05, 0) is 79.1 Å². The lowest BCUT2D eigenvalue weighted by Crippen LogP contribution is -2.58. The molecule has 0 aromatic rings. The Kier molecular flexibility index (Phi) is 5.23. The Bertz CT molecular complexity index is 725. The summed E-state index contributed by atoms with van der Waals surface area (Å²) in [7, 11) is 0. The van der Waals surface area contributed by atoms with Crippen LogP contribution in [0.2, 0.25) is 0 Å². The van der Waals surface area contributed by atoms with Gasteiger partial charge >= 0.3 is 0 Å². The van der Waals surface area contributed by atoms with Gasteiger partial charge in [0.15, 0.2) is 12.1 Å². The van der Waals surface area contributed by atoms with Crippen molar-refractivity contribution in [3.63, 3.8) is 0 Å². The molecular formula is C26H40O4. The van der Waals surface area contributed by atoms with E-state index >= 15 is 0 Å². The number of fused-ring (bicyclic) bond motifs is 5. The van der Waals surface area contributed by atoms with Crippen molar-refractivity contribution < 1.29 is 19.4 Å². The van der Waals surface area contributed by atoms with E-state index in [-0.39, 0.29) is 34.9 Å². The zero-order chi connectivity index (χ0) is 21.3. The van der Waals surface area contributed by atoms with Gasteiger partial charge in [-0.2, -0.15) is 0 Å². The van der Waals surface area contributed by atoms with E-state index in [0.717, 1.165) is 26.1 Å². The maximum atomic E-state index is 12.3. The minimum Gasteiger partial charge on any atom is -0.392 e. The van der Waals surface area contributed by atoms with Gasteiger partial charge in [-0.3, -0.25) is 4.79 Å². The van der Waals surface area contributed by atoms with Crippen LogP contribution in [0.1, 0.15) is 72.6 Å². The molecule has 0 aromatic heterocycles. The first kappa shape index (κ1) is 21.2. The highest BCUT2D eigenvalue weighted by molar-refractivity contribution is 5.91. The molecule has 168 valence electrons. The number of carbonyl (C=O) groups excluding carboxylic acids is 1. The lowest BCUT2D eigenvalue weighted by molar-refractivity contribution is -0.151. The molecule has 4 unspecified atom stereocenters. The number of hydrogen-bond acceptors (Lipinski definition) is 4. The van der Waals surface area contributed by atoms with Crippen LogP contribution in [-0.2, 0) is 14.3 Å². The first-order valence-corrected chi connectivity index (χ1v) is 12.5. The van der Waals surface area contributed by atoms with E-state index in [1.165, 1.54) is 31.3 Å². The van der Waals surface area contributed by atoms with Crippen molar-refractivity contribution in [3.8, 4) is 0 Å². The van der Waals surface area contributed by atoms with E-state index < -0.39 is 0 Å². The van der Waals surface area contributed by atoms with Crippen molar-refractivity contribution in [1.82, 2.24) is 0 Å². The van der Waals surface area contributed by atoms with Crippen LogP contribution < -0.4 is 0 Å². The third kappa shape index (κ3) is 2.85. The predicted molar refractivity (Wildman–Crippen MR) is 116 cm³/mol. The van der Waals surface area contributed by atoms with Crippen molar-refractivity contribution in [3.05, 3.63) is 11.6 Å². The number of ether oxygens (including phenoxy) is 2. The van der Waals surface area contributed by atoms with Crippen LogP contribution in [0.4, 0.5) is 0 Å². The van der Waals surface area contributed by atoms with E-state index in [2.05, 4.69) is 27.7 Å². The average molecular weight is 417 g/mol. The number of rotatable bonds is 3. The van der Waals surface area contributed by atoms with E-state index in [0.29, 0.717) is 36.0 Å². The summed E-state index contributed by atoms with van der Waals surface area (Å²) in [6.07, 6.45) is 8.94. The Balaban J connectivity index is 1.48. The molecule has 1 heterocycles. The minimum absolute atomic E-state index is 0.0561. The number of aliphatic hydroxyl groups is 1. The quantitative estimate of drug-likeness (QED) is 0.721. The molecule has 3 saturated carbocycles. The van der Waals surface area contributed by atoms with Crippen LogP contribution in [-0.4, -0.2) is 36.5 Å². The molecule has 4 heteroatoms. The largest absolute Gasteiger partial charge is 0.392 e. The Labute approximate surface area is 181 Å². The standard InChI is InChI=1S/C26H40O4/c1-5-17-21-14-16(27)8-10-26(21,4)20-9-11-25(3)18(15(2)24-29-12-13-30-24)6-7-19(25)22(20)23(17)28/h14-15,17-20,22-24,28H,5-13H2,1-4H3/t15-,17-,18?,19?,20?,22?,23+,25+,26+/m0/s1. The summed E-state index contributed by atoms with van der Waals surface area (Å²) in [6.45, 7) is 10.9. The fraction of sp³-hybridized carbons (Fsp3) is 0.885. The van der Waals surface area contributed by atoms with Gasteiger partial charge < -0.3 is 14.6 Å². The first-order chi connectivity index (χ1) is 14.3. The summed E-state index contributed by atoms with van der Waals surface area (Å²) >= 11 is 0. The molecule has 0 bridgehead atoms. The van der Waals surface area contributed by atoms with Crippen LogP contribution in [0.25, 0.3) is 0 Å². The molecular weight excluding hydrogens is 376 g/mol. The number of carbonyl (C=O) groups is 1. The molecule has 1 N–H and O–H groups in total. The third-order valence-electron chi connectivity index (χ3n) is 10.4. The van der Waals surface area contributed by atoms with Gasteiger partial charge in [0.05, 0.1) is 19.3 Å². The van der Waals surface area contributed by atoms with Crippen LogP contribution in [0, 0.1) is 46.3 Å². The first-order valence-electron chi connectivity index (χ1n) is 12.5. The molecule has 9 atom stereocenters. The lowest BCUT2D eigenvalue weighted by Gasteiger charge is -2.62. The third-order valence-corrected chi connectivity index (χ3v) is 10.4. The lowest BCUT2D eigenvalue weighted by atomic mass is 9.43. The fourth-order valence-corrected chi connectivity index (χ4v) is 8.97. The van der Waals surface area contributed by atoms with Gasteiger partial charge in [-0.1, -0.05) is 33.3 Å².